The van der Waals surface area contributed by atoms with Crippen molar-refractivity contribution in [2.45, 2.75) is 32.6 Å². The summed E-state index contributed by atoms with van der Waals surface area (Å²) in [4.78, 5) is 8.36. The molecule has 0 radical (unpaired) electrons. The number of aryl methyl sites for hydroxylation is 1. The molecule has 2 rings (SSSR count). The van der Waals surface area contributed by atoms with Crippen LogP contribution in [-0.2, 0) is 6.42 Å². The molecular weight excluding hydrogens is 264 g/mol. The third-order valence-electron chi connectivity index (χ3n) is 4.03. The number of methoxy groups -OCH3 is 1. The van der Waals surface area contributed by atoms with E-state index in [-0.39, 0.29) is 12.5 Å². The third-order valence-corrected chi connectivity index (χ3v) is 4.03. The van der Waals surface area contributed by atoms with Gasteiger partial charge in [-0.1, -0.05) is 6.07 Å². The number of aliphatic hydroxyl groups is 1. The summed E-state index contributed by atoms with van der Waals surface area (Å²) in [5.74, 6) is 0.999. The van der Waals surface area contributed by atoms with Crippen LogP contribution in [0.4, 0.5) is 0 Å². The molecule has 0 saturated carbocycles. The van der Waals surface area contributed by atoms with Crippen molar-refractivity contribution < 1.29 is 9.84 Å². The minimum absolute atomic E-state index is 0.108. The fourth-order valence-electron chi connectivity index (χ4n) is 2.61. The van der Waals surface area contributed by atoms with Gasteiger partial charge in [0.05, 0.1) is 12.8 Å². The van der Waals surface area contributed by atoms with Crippen molar-refractivity contribution in [1.29, 1.82) is 0 Å². The fourth-order valence-corrected chi connectivity index (χ4v) is 2.61. The third kappa shape index (κ3) is 3.58. The van der Waals surface area contributed by atoms with E-state index in [0.29, 0.717) is 0 Å². The first-order valence-electron chi connectivity index (χ1n) is 7.17. The van der Waals surface area contributed by atoms with Crippen molar-refractivity contribution in [2.24, 2.45) is 0 Å². The van der Waals surface area contributed by atoms with Crippen LogP contribution in [0.3, 0.4) is 0 Å². The van der Waals surface area contributed by atoms with Gasteiger partial charge in [-0.2, -0.15) is 0 Å². The number of hydrogen-bond donors (Lipinski definition) is 1. The molecule has 1 unspecified atom stereocenters. The molecule has 0 fully saturated rings. The zero-order chi connectivity index (χ0) is 15.2. The van der Waals surface area contributed by atoms with Crippen molar-refractivity contribution >= 4 is 0 Å². The van der Waals surface area contributed by atoms with Gasteiger partial charge in [0, 0.05) is 31.1 Å². The number of hydrogen-bond acceptors (Lipinski definition) is 4. The van der Waals surface area contributed by atoms with Crippen LogP contribution in [0.2, 0.25) is 0 Å². The lowest BCUT2D eigenvalue weighted by Crippen LogP contribution is -2.09. The van der Waals surface area contributed by atoms with Crippen LogP contribution in [0.1, 0.15) is 34.7 Å². The number of benzene rings is 1. The van der Waals surface area contributed by atoms with Gasteiger partial charge in [-0.25, -0.2) is 0 Å². The van der Waals surface area contributed by atoms with E-state index in [4.69, 9.17) is 4.74 Å². The SMILES string of the molecule is COc1ccc(C(CO)CCc2cnccn2)c(C)c1C. The molecule has 21 heavy (non-hydrogen) atoms. The second-order valence-corrected chi connectivity index (χ2v) is 5.22. The van der Waals surface area contributed by atoms with Crippen LogP contribution < -0.4 is 4.74 Å². The first-order chi connectivity index (χ1) is 10.2. The summed E-state index contributed by atoms with van der Waals surface area (Å²) in [5, 5.41) is 9.73. The van der Waals surface area contributed by atoms with Gasteiger partial charge in [-0.05, 0) is 49.4 Å². The monoisotopic (exact) mass is 286 g/mol. The Bertz CT molecular complexity index is 585. The second kappa shape index (κ2) is 7.18. The summed E-state index contributed by atoms with van der Waals surface area (Å²) in [6, 6.07) is 4.03. The molecule has 0 aliphatic heterocycles. The van der Waals surface area contributed by atoms with Gasteiger partial charge in [0.2, 0.25) is 0 Å². The van der Waals surface area contributed by atoms with Crippen molar-refractivity contribution in [2.75, 3.05) is 13.7 Å². The molecule has 112 valence electrons. The van der Waals surface area contributed by atoms with Crippen LogP contribution >= 0.6 is 0 Å². The highest BCUT2D eigenvalue weighted by Gasteiger charge is 2.16. The Hall–Kier alpha value is -1.94. The van der Waals surface area contributed by atoms with Crippen LogP contribution in [0.5, 0.6) is 5.75 Å². The number of aromatic nitrogens is 2. The first kappa shape index (κ1) is 15.4. The highest BCUT2D eigenvalue weighted by atomic mass is 16.5. The highest BCUT2D eigenvalue weighted by Crippen LogP contribution is 2.30. The molecule has 0 aliphatic rings. The molecule has 0 spiro atoms. The first-order valence-corrected chi connectivity index (χ1v) is 7.17. The maximum atomic E-state index is 9.73. The molecule has 0 saturated heterocycles. The van der Waals surface area contributed by atoms with Crippen molar-refractivity contribution in [3.63, 3.8) is 0 Å². The van der Waals surface area contributed by atoms with E-state index in [2.05, 4.69) is 29.9 Å². The maximum absolute atomic E-state index is 9.73. The smallest absolute Gasteiger partial charge is 0.122 e. The number of ether oxygens (including phenoxy) is 1. The van der Waals surface area contributed by atoms with Crippen LogP contribution in [0, 0.1) is 13.8 Å². The van der Waals surface area contributed by atoms with Gasteiger partial charge in [-0.3, -0.25) is 9.97 Å². The summed E-state index contributed by atoms with van der Waals surface area (Å²) in [6.45, 7) is 4.26. The number of rotatable bonds is 6. The predicted octanol–water partition coefficient (Wildman–Crippen LogP) is 2.81. The Labute approximate surface area is 125 Å². The topological polar surface area (TPSA) is 55.2 Å². The molecule has 0 amide bonds. The largest absolute Gasteiger partial charge is 0.496 e. The zero-order valence-electron chi connectivity index (χ0n) is 12.8. The molecular formula is C17H22N2O2. The van der Waals surface area contributed by atoms with Crippen LogP contribution in [-0.4, -0.2) is 28.8 Å². The summed E-state index contributed by atoms with van der Waals surface area (Å²) in [7, 11) is 1.68. The fraction of sp³-hybridized carbons (Fsp3) is 0.412. The lowest BCUT2D eigenvalue weighted by atomic mass is 9.89. The Kier molecular flexibility index (Phi) is 5.28. The van der Waals surface area contributed by atoms with Gasteiger partial charge >= 0.3 is 0 Å². The summed E-state index contributed by atoms with van der Waals surface area (Å²) in [5.41, 5.74) is 4.46. The van der Waals surface area contributed by atoms with E-state index in [9.17, 15) is 5.11 Å². The number of aliphatic hydroxyl groups excluding tert-OH is 1. The van der Waals surface area contributed by atoms with Crippen molar-refractivity contribution in [3.05, 3.63) is 53.1 Å². The minimum Gasteiger partial charge on any atom is -0.496 e. The molecule has 4 nitrogen and oxygen atoms in total. The van der Waals surface area contributed by atoms with Gasteiger partial charge in [-0.15, -0.1) is 0 Å². The molecule has 1 atom stereocenters. The zero-order valence-corrected chi connectivity index (χ0v) is 12.8. The highest BCUT2D eigenvalue weighted by molar-refractivity contribution is 5.45. The Morgan fingerprint density at radius 2 is 2.00 bits per heavy atom. The van der Waals surface area contributed by atoms with Gasteiger partial charge in [0.15, 0.2) is 0 Å². The second-order valence-electron chi connectivity index (χ2n) is 5.22. The van der Waals surface area contributed by atoms with E-state index in [1.807, 2.05) is 6.07 Å². The molecule has 0 aliphatic carbocycles. The Morgan fingerprint density at radius 3 is 2.62 bits per heavy atom. The van der Waals surface area contributed by atoms with Gasteiger partial charge in [0.25, 0.3) is 0 Å². The lowest BCUT2D eigenvalue weighted by Gasteiger charge is -2.19. The number of nitrogens with zero attached hydrogens (tertiary/aromatic N) is 2. The maximum Gasteiger partial charge on any atom is 0.122 e. The quantitative estimate of drug-likeness (QED) is 0.887. The van der Waals surface area contributed by atoms with Gasteiger partial charge < -0.3 is 9.84 Å². The summed E-state index contributed by atoms with van der Waals surface area (Å²) >= 11 is 0. The Morgan fingerprint density at radius 1 is 1.19 bits per heavy atom. The predicted molar refractivity (Wildman–Crippen MR) is 82.6 cm³/mol. The van der Waals surface area contributed by atoms with E-state index in [1.165, 1.54) is 11.1 Å². The average Bonchev–Trinajstić information content (AvgIpc) is 2.53. The standard InChI is InChI=1S/C17H22N2O2/c1-12-13(2)17(21-3)7-6-16(12)14(11-20)4-5-15-10-18-8-9-19-15/h6-10,14,20H,4-5,11H2,1-3H3. The van der Waals surface area contributed by atoms with E-state index in [1.54, 1.807) is 25.7 Å². The van der Waals surface area contributed by atoms with E-state index in [0.717, 1.165) is 29.8 Å². The lowest BCUT2D eigenvalue weighted by molar-refractivity contribution is 0.258. The molecule has 1 heterocycles. The summed E-state index contributed by atoms with van der Waals surface area (Å²) in [6.07, 6.45) is 6.81. The summed E-state index contributed by atoms with van der Waals surface area (Å²) < 4.78 is 5.34. The molecule has 4 heteroatoms. The van der Waals surface area contributed by atoms with Gasteiger partial charge in [0.1, 0.15) is 5.75 Å². The van der Waals surface area contributed by atoms with E-state index < -0.39 is 0 Å². The van der Waals surface area contributed by atoms with Crippen molar-refractivity contribution in [3.8, 4) is 5.75 Å². The molecule has 1 aromatic heterocycles. The van der Waals surface area contributed by atoms with Crippen LogP contribution in [0.15, 0.2) is 30.7 Å². The molecule has 2 aromatic rings. The molecule has 1 aromatic carbocycles. The average molecular weight is 286 g/mol. The van der Waals surface area contributed by atoms with Crippen molar-refractivity contribution in [1.82, 2.24) is 9.97 Å². The molecule has 1 N–H and O–H groups in total. The minimum atomic E-state index is 0.108. The normalized spacial score (nSPS) is 12.2. The molecule has 0 bridgehead atoms. The Balaban J connectivity index is 2.16. The van der Waals surface area contributed by atoms with E-state index >= 15 is 0 Å². The van der Waals surface area contributed by atoms with Crippen LogP contribution in [0.25, 0.3) is 0 Å².